The average molecular weight is 304 g/mol. The van der Waals surface area contributed by atoms with Gasteiger partial charge in [0.25, 0.3) is 0 Å². The first-order valence-electron chi connectivity index (χ1n) is 8.10. The Labute approximate surface area is 136 Å². The van der Waals surface area contributed by atoms with E-state index in [1.165, 1.54) is 11.1 Å². The molecule has 1 N–H and O–H groups in total. The Bertz CT molecular complexity index is 458. The minimum absolute atomic E-state index is 0.101. The van der Waals surface area contributed by atoms with Crippen LogP contribution in [0.25, 0.3) is 0 Å². The number of hydrogen-bond acceptors (Lipinski definition) is 2. The van der Waals surface area contributed by atoms with Gasteiger partial charge >= 0.3 is 0 Å². The van der Waals surface area contributed by atoms with Gasteiger partial charge in [-0.15, -0.1) is 0 Å². The van der Waals surface area contributed by atoms with Crippen molar-refractivity contribution in [3.63, 3.8) is 0 Å². The Balaban J connectivity index is 4.23. The van der Waals surface area contributed by atoms with E-state index < -0.39 is 0 Å². The van der Waals surface area contributed by atoms with Gasteiger partial charge in [-0.3, -0.25) is 4.79 Å². The van der Waals surface area contributed by atoms with Crippen LogP contribution in [-0.2, 0) is 4.79 Å². The number of rotatable bonds is 10. The third-order valence-electron chi connectivity index (χ3n) is 3.42. The lowest BCUT2D eigenvalue weighted by molar-refractivity contribution is -0.114. The van der Waals surface area contributed by atoms with Crippen LogP contribution >= 0.6 is 0 Å². The summed E-state index contributed by atoms with van der Waals surface area (Å²) < 4.78 is 0. The molecule has 2 heteroatoms. The van der Waals surface area contributed by atoms with E-state index in [1.54, 1.807) is 6.08 Å². The van der Waals surface area contributed by atoms with E-state index in [9.17, 15) is 4.79 Å². The van der Waals surface area contributed by atoms with Crippen molar-refractivity contribution in [1.82, 2.24) is 0 Å². The molecule has 0 aromatic heterocycles. The molecule has 0 aliphatic carbocycles. The third-order valence-corrected chi connectivity index (χ3v) is 3.42. The zero-order chi connectivity index (χ0) is 17.0. The van der Waals surface area contributed by atoms with Crippen molar-refractivity contribution in [3.05, 3.63) is 46.6 Å². The minimum atomic E-state index is 0.101. The van der Waals surface area contributed by atoms with Crippen molar-refractivity contribution in [2.75, 3.05) is 6.61 Å². The highest BCUT2D eigenvalue weighted by Gasteiger charge is 2.01. The first-order valence-corrected chi connectivity index (χ1v) is 8.10. The predicted molar refractivity (Wildman–Crippen MR) is 95.9 cm³/mol. The SMILES string of the molecule is CC(C)=CCCC(C)=CC(=O)CC(C)=CCC/C(C)=C/CO. The molecule has 22 heavy (non-hydrogen) atoms. The van der Waals surface area contributed by atoms with Gasteiger partial charge in [0.05, 0.1) is 6.61 Å². The van der Waals surface area contributed by atoms with Crippen LogP contribution in [0.3, 0.4) is 0 Å². The fourth-order valence-corrected chi connectivity index (χ4v) is 2.14. The van der Waals surface area contributed by atoms with Gasteiger partial charge < -0.3 is 5.11 Å². The number of aliphatic hydroxyl groups is 1. The van der Waals surface area contributed by atoms with Gasteiger partial charge in [-0.2, -0.15) is 0 Å². The van der Waals surface area contributed by atoms with Gasteiger partial charge in [0.1, 0.15) is 0 Å². The topological polar surface area (TPSA) is 37.3 Å². The molecule has 0 aromatic carbocycles. The van der Waals surface area contributed by atoms with Crippen LogP contribution in [0.4, 0.5) is 0 Å². The van der Waals surface area contributed by atoms with E-state index >= 15 is 0 Å². The molecule has 0 radical (unpaired) electrons. The number of allylic oxidation sites excluding steroid dienone is 7. The molecule has 0 rings (SSSR count). The number of carbonyl (C=O) groups is 1. The van der Waals surface area contributed by atoms with Gasteiger partial charge in [0.2, 0.25) is 0 Å². The highest BCUT2D eigenvalue weighted by molar-refractivity contribution is 5.91. The number of carbonyl (C=O) groups excluding carboxylic acids is 1. The van der Waals surface area contributed by atoms with Gasteiger partial charge in [-0.25, -0.2) is 0 Å². The van der Waals surface area contributed by atoms with E-state index in [1.807, 2.05) is 26.8 Å². The first kappa shape index (κ1) is 20.6. The summed E-state index contributed by atoms with van der Waals surface area (Å²) in [6.45, 7) is 10.3. The smallest absolute Gasteiger partial charge is 0.159 e. The Hall–Kier alpha value is -1.41. The van der Waals surface area contributed by atoms with E-state index in [4.69, 9.17) is 5.11 Å². The molecule has 0 unspecified atom stereocenters. The van der Waals surface area contributed by atoms with Crippen LogP contribution in [0.5, 0.6) is 0 Å². The first-order chi connectivity index (χ1) is 10.3. The summed E-state index contributed by atoms with van der Waals surface area (Å²) >= 11 is 0. The van der Waals surface area contributed by atoms with Crippen molar-refractivity contribution in [3.8, 4) is 0 Å². The molecule has 2 nitrogen and oxygen atoms in total. The zero-order valence-electron chi connectivity index (χ0n) is 14.9. The molecule has 0 amide bonds. The fourth-order valence-electron chi connectivity index (χ4n) is 2.14. The molecular weight excluding hydrogens is 272 g/mol. The summed E-state index contributed by atoms with van der Waals surface area (Å²) in [6, 6.07) is 0. The summed E-state index contributed by atoms with van der Waals surface area (Å²) in [4.78, 5) is 12.0. The van der Waals surface area contributed by atoms with Gasteiger partial charge in [-0.05, 0) is 66.4 Å². The van der Waals surface area contributed by atoms with E-state index in [0.29, 0.717) is 6.42 Å². The summed E-state index contributed by atoms with van der Waals surface area (Å²) in [7, 11) is 0. The monoisotopic (exact) mass is 304 g/mol. The van der Waals surface area contributed by atoms with Crippen LogP contribution in [-0.4, -0.2) is 17.5 Å². The Kier molecular flexibility index (Phi) is 11.4. The van der Waals surface area contributed by atoms with E-state index in [-0.39, 0.29) is 12.4 Å². The number of aliphatic hydroxyl groups excluding tert-OH is 1. The molecule has 0 saturated carbocycles. The molecular formula is C20H32O2. The second kappa shape index (κ2) is 12.2. The Morgan fingerprint density at radius 3 is 2.00 bits per heavy atom. The maximum Gasteiger partial charge on any atom is 0.159 e. The molecule has 0 atom stereocenters. The highest BCUT2D eigenvalue weighted by atomic mass is 16.2. The maximum atomic E-state index is 12.0. The molecule has 0 aliphatic heterocycles. The number of ketones is 1. The minimum Gasteiger partial charge on any atom is -0.392 e. The summed E-state index contributed by atoms with van der Waals surface area (Å²) in [5.41, 5.74) is 4.78. The van der Waals surface area contributed by atoms with Crippen molar-refractivity contribution < 1.29 is 9.90 Å². The molecule has 0 aromatic rings. The second-order valence-electron chi connectivity index (χ2n) is 6.28. The van der Waals surface area contributed by atoms with E-state index in [2.05, 4.69) is 26.0 Å². The van der Waals surface area contributed by atoms with Crippen molar-refractivity contribution >= 4 is 5.78 Å². The molecule has 124 valence electrons. The molecule has 0 fully saturated rings. The van der Waals surface area contributed by atoms with Crippen LogP contribution < -0.4 is 0 Å². The van der Waals surface area contributed by atoms with Crippen LogP contribution in [0.2, 0.25) is 0 Å². The van der Waals surface area contributed by atoms with Crippen LogP contribution in [0.15, 0.2) is 46.6 Å². The van der Waals surface area contributed by atoms with Crippen molar-refractivity contribution in [2.45, 2.75) is 66.7 Å². The maximum absolute atomic E-state index is 12.0. The van der Waals surface area contributed by atoms with Crippen molar-refractivity contribution in [2.24, 2.45) is 0 Å². The van der Waals surface area contributed by atoms with Crippen molar-refractivity contribution in [1.29, 1.82) is 0 Å². The Morgan fingerprint density at radius 2 is 1.41 bits per heavy atom. The normalized spacial score (nSPS) is 13.3. The second-order valence-corrected chi connectivity index (χ2v) is 6.28. The predicted octanol–water partition coefficient (Wildman–Crippen LogP) is 5.30. The van der Waals surface area contributed by atoms with Gasteiger partial charge in [0, 0.05) is 6.42 Å². The Morgan fingerprint density at radius 1 is 0.818 bits per heavy atom. The average Bonchev–Trinajstić information content (AvgIpc) is 2.37. The third kappa shape index (κ3) is 12.3. The lowest BCUT2D eigenvalue weighted by atomic mass is 10.0. The lowest BCUT2D eigenvalue weighted by Gasteiger charge is -2.02. The summed E-state index contributed by atoms with van der Waals surface area (Å²) in [6.07, 6.45) is 12.2. The molecule has 0 bridgehead atoms. The highest BCUT2D eigenvalue weighted by Crippen LogP contribution is 2.11. The van der Waals surface area contributed by atoms with Crippen LogP contribution in [0.1, 0.15) is 66.7 Å². The van der Waals surface area contributed by atoms with Gasteiger partial charge in [-0.1, -0.05) is 40.5 Å². The lowest BCUT2D eigenvalue weighted by Crippen LogP contribution is -1.95. The molecule has 0 aliphatic rings. The van der Waals surface area contributed by atoms with Gasteiger partial charge in [0.15, 0.2) is 5.78 Å². The molecule has 0 saturated heterocycles. The number of hydrogen-bond donors (Lipinski definition) is 1. The summed E-state index contributed by atoms with van der Waals surface area (Å²) in [5.74, 6) is 0.186. The summed E-state index contributed by atoms with van der Waals surface area (Å²) in [5, 5.41) is 8.79. The van der Waals surface area contributed by atoms with E-state index in [0.717, 1.165) is 36.8 Å². The van der Waals surface area contributed by atoms with Crippen LogP contribution in [0, 0.1) is 0 Å². The standard InChI is InChI=1S/C20H32O2/c1-16(2)8-6-10-18(4)14-20(22)15-19(5)11-7-9-17(3)12-13-21/h8,11-12,14,21H,6-7,9-10,13,15H2,1-5H3/b17-12+,18-14?,19-11?. The fraction of sp³-hybridized carbons (Fsp3) is 0.550. The molecule has 0 heterocycles. The quantitative estimate of drug-likeness (QED) is 0.439. The largest absolute Gasteiger partial charge is 0.392 e. The zero-order valence-corrected chi connectivity index (χ0v) is 14.9. The molecule has 0 spiro atoms.